The third-order valence-corrected chi connectivity index (χ3v) is 10.7. The van der Waals surface area contributed by atoms with Gasteiger partial charge in [0.1, 0.15) is 23.2 Å². The van der Waals surface area contributed by atoms with Crippen molar-refractivity contribution in [3.8, 4) is 29.1 Å². The molecule has 1 aromatic heterocycles. The molecule has 0 radical (unpaired) electrons. The molecule has 4 rings (SSSR count). The maximum atomic E-state index is 13.8. The number of thiophene rings is 1. The first-order valence-electron chi connectivity index (χ1n) is 13.5. The number of alkyl halides is 3. The zero-order valence-electron chi connectivity index (χ0n) is 24.3. The van der Waals surface area contributed by atoms with Gasteiger partial charge in [0.25, 0.3) is 15.9 Å². The molecule has 1 heterocycles. The van der Waals surface area contributed by atoms with Crippen molar-refractivity contribution in [2.24, 2.45) is 5.73 Å². The number of hydrogen-bond acceptors (Lipinski definition) is 11. The standard InChI is InChI=1S/C28H26F3N4O10PS2/c29-28(30,31)19-9-15(14-33)1-3-18(19)27(46(39,40)41)35-48(42,43)25-12-17-11-22(44-7-5-32)23(13-24(17)47-25)45-8-6-34-26(38)16-2-4-20(36)21(37)10-16/h1-4,9-13,27,35-37H,5-8,32H2,(H,34,38)(H2,39,40,41). The molecule has 20 heteroatoms. The molecule has 14 nitrogen and oxygen atoms in total. The van der Waals surface area contributed by atoms with Gasteiger partial charge in [0.2, 0.25) is 0 Å². The Balaban J connectivity index is 1.60. The fourth-order valence-corrected chi connectivity index (χ4v) is 8.30. The monoisotopic (exact) mass is 730 g/mol. The van der Waals surface area contributed by atoms with Crippen molar-refractivity contribution >= 4 is 44.9 Å². The number of carbonyl (C=O) groups excluding carboxylic acids is 1. The highest BCUT2D eigenvalue weighted by atomic mass is 32.2. The van der Waals surface area contributed by atoms with Crippen LogP contribution in [0.1, 0.15) is 32.8 Å². The Bertz CT molecular complexity index is 2050. The lowest BCUT2D eigenvalue weighted by molar-refractivity contribution is -0.138. The van der Waals surface area contributed by atoms with Gasteiger partial charge in [0.05, 0.1) is 23.7 Å². The molecule has 0 saturated carbocycles. The number of sulfonamides is 1. The number of rotatable bonds is 13. The molecular weight excluding hydrogens is 704 g/mol. The van der Waals surface area contributed by atoms with E-state index in [0.29, 0.717) is 23.5 Å². The molecule has 1 amide bonds. The van der Waals surface area contributed by atoms with Gasteiger partial charge in [0, 0.05) is 22.9 Å². The molecule has 0 aliphatic heterocycles. The summed E-state index contributed by atoms with van der Waals surface area (Å²) in [6.07, 6.45) is -5.19. The SMILES string of the molecule is N#Cc1ccc(C(NS(=O)(=O)c2cc3cc(OCCN)c(OCCNC(=O)c4ccc(O)c(O)c4)cc3s2)P(=O)(O)O)c(C(F)(F)F)c1. The van der Waals surface area contributed by atoms with Crippen LogP contribution in [0.5, 0.6) is 23.0 Å². The zero-order valence-corrected chi connectivity index (χ0v) is 26.8. The summed E-state index contributed by atoms with van der Waals surface area (Å²) in [6, 6.07) is 10.8. The van der Waals surface area contributed by atoms with Gasteiger partial charge >= 0.3 is 13.8 Å². The van der Waals surface area contributed by atoms with Gasteiger partial charge in [-0.25, -0.2) is 8.42 Å². The molecule has 0 aliphatic rings. The summed E-state index contributed by atoms with van der Waals surface area (Å²) >= 11 is 0.616. The molecular formula is C28H26F3N4O10PS2. The van der Waals surface area contributed by atoms with E-state index in [1.165, 1.54) is 24.3 Å². The van der Waals surface area contributed by atoms with Crippen molar-refractivity contribution in [2.75, 3.05) is 26.3 Å². The fraction of sp³-hybridized carbons (Fsp3) is 0.214. The largest absolute Gasteiger partial charge is 0.504 e. The minimum Gasteiger partial charge on any atom is -0.504 e. The Kier molecular flexibility index (Phi) is 10.9. The number of ether oxygens (including phenoxy) is 2. The average molecular weight is 731 g/mol. The molecule has 0 bridgehead atoms. The quantitative estimate of drug-likeness (QED) is 0.0594. The van der Waals surface area contributed by atoms with Crippen LogP contribution in [0.3, 0.4) is 0 Å². The zero-order chi connectivity index (χ0) is 35.4. The Hall–Kier alpha value is -4.41. The Morgan fingerprint density at radius 2 is 1.71 bits per heavy atom. The third kappa shape index (κ3) is 8.54. The predicted octanol–water partition coefficient (Wildman–Crippen LogP) is 3.50. The first-order valence-corrected chi connectivity index (χ1v) is 17.4. The maximum Gasteiger partial charge on any atom is 0.416 e. The van der Waals surface area contributed by atoms with E-state index in [1.807, 2.05) is 0 Å². The van der Waals surface area contributed by atoms with Crippen LogP contribution in [0, 0.1) is 11.3 Å². The molecule has 0 fully saturated rings. The van der Waals surface area contributed by atoms with Gasteiger partial charge in [-0.1, -0.05) is 6.07 Å². The second-order valence-electron chi connectivity index (χ2n) is 9.87. The highest BCUT2D eigenvalue weighted by molar-refractivity contribution is 7.92. The van der Waals surface area contributed by atoms with E-state index in [1.54, 1.807) is 4.72 Å². The number of amides is 1. The lowest BCUT2D eigenvalue weighted by Crippen LogP contribution is -2.30. The number of phenolic OH excluding ortho intramolecular Hbond substituents is 2. The molecule has 3 aromatic carbocycles. The van der Waals surface area contributed by atoms with Gasteiger partial charge in [-0.2, -0.15) is 23.2 Å². The molecule has 256 valence electrons. The smallest absolute Gasteiger partial charge is 0.416 e. The fourth-order valence-electron chi connectivity index (χ4n) is 4.27. The van der Waals surface area contributed by atoms with E-state index >= 15 is 0 Å². The predicted molar refractivity (Wildman–Crippen MR) is 165 cm³/mol. The Morgan fingerprint density at radius 1 is 1.02 bits per heavy atom. The summed E-state index contributed by atoms with van der Waals surface area (Å²) in [5.41, 5.74) is 2.45. The van der Waals surface area contributed by atoms with Crippen molar-refractivity contribution in [3.63, 3.8) is 0 Å². The van der Waals surface area contributed by atoms with Crippen LogP contribution >= 0.6 is 18.9 Å². The molecule has 8 N–H and O–H groups in total. The molecule has 1 atom stereocenters. The molecule has 48 heavy (non-hydrogen) atoms. The lowest BCUT2D eigenvalue weighted by atomic mass is 10.0. The summed E-state index contributed by atoms with van der Waals surface area (Å²) in [7, 11) is -10.5. The van der Waals surface area contributed by atoms with Gasteiger partial charge in [0.15, 0.2) is 23.0 Å². The summed E-state index contributed by atoms with van der Waals surface area (Å²) in [5.74, 6) is -3.90. The van der Waals surface area contributed by atoms with E-state index in [4.69, 9.17) is 20.5 Å². The van der Waals surface area contributed by atoms with Crippen LogP contribution in [0.15, 0.2) is 58.8 Å². The average Bonchev–Trinajstić information content (AvgIpc) is 3.44. The minimum absolute atomic E-state index is 0.0237. The summed E-state index contributed by atoms with van der Waals surface area (Å²) in [4.78, 5) is 32.2. The third-order valence-electron chi connectivity index (χ3n) is 6.47. The number of halogens is 3. The molecule has 0 aliphatic carbocycles. The van der Waals surface area contributed by atoms with E-state index in [-0.39, 0.29) is 53.5 Å². The first kappa shape index (κ1) is 36.4. The number of aromatic hydroxyl groups is 2. The molecule has 0 spiro atoms. The van der Waals surface area contributed by atoms with Gasteiger partial charge in [-0.05, 0) is 53.4 Å². The van der Waals surface area contributed by atoms with E-state index in [0.717, 1.165) is 24.3 Å². The highest BCUT2D eigenvalue weighted by Crippen LogP contribution is 2.53. The maximum absolute atomic E-state index is 13.8. The van der Waals surface area contributed by atoms with Crippen LogP contribution in [0.2, 0.25) is 0 Å². The second kappa shape index (κ2) is 14.4. The van der Waals surface area contributed by atoms with Crippen molar-refractivity contribution in [1.82, 2.24) is 10.0 Å². The number of fused-ring (bicyclic) bond motifs is 1. The minimum atomic E-state index is -5.62. The number of phenols is 2. The van der Waals surface area contributed by atoms with Crippen LogP contribution in [-0.2, 0) is 20.8 Å². The number of nitrogens with one attached hydrogen (secondary N) is 2. The van der Waals surface area contributed by atoms with E-state index in [9.17, 15) is 50.9 Å². The number of nitrogens with zero attached hydrogens (tertiary/aromatic N) is 1. The van der Waals surface area contributed by atoms with Crippen molar-refractivity contribution in [2.45, 2.75) is 16.2 Å². The molecule has 4 aromatic rings. The number of nitrogens with two attached hydrogens (primary N) is 1. The van der Waals surface area contributed by atoms with E-state index < -0.39 is 67.9 Å². The number of nitriles is 1. The van der Waals surface area contributed by atoms with Crippen LogP contribution in [0.25, 0.3) is 10.1 Å². The number of carbonyl (C=O) groups is 1. The first-order chi connectivity index (χ1) is 22.4. The normalized spacial score (nSPS) is 12.8. The van der Waals surface area contributed by atoms with Crippen molar-refractivity contribution < 1.29 is 60.4 Å². The molecule has 1 unspecified atom stereocenters. The topological polar surface area (TPSA) is 242 Å². The highest BCUT2D eigenvalue weighted by Gasteiger charge is 2.42. The molecule has 0 saturated heterocycles. The van der Waals surface area contributed by atoms with Crippen molar-refractivity contribution in [3.05, 3.63) is 76.9 Å². The Labute approximate surface area is 274 Å². The lowest BCUT2D eigenvalue weighted by Gasteiger charge is -2.23. The van der Waals surface area contributed by atoms with Crippen LogP contribution in [-0.4, -0.2) is 60.6 Å². The second-order valence-corrected chi connectivity index (χ2v) is 14.6. The van der Waals surface area contributed by atoms with Gasteiger partial charge in [-0.3, -0.25) is 9.36 Å². The van der Waals surface area contributed by atoms with Crippen LogP contribution in [0.4, 0.5) is 13.2 Å². The summed E-state index contributed by atoms with van der Waals surface area (Å²) in [6.45, 7) is -0.0363. The Morgan fingerprint density at radius 3 is 2.33 bits per heavy atom. The van der Waals surface area contributed by atoms with Gasteiger partial charge in [-0.15, -0.1) is 11.3 Å². The van der Waals surface area contributed by atoms with E-state index in [2.05, 4.69) is 5.32 Å². The van der Waals surface area contributed by atoms with Gasteiger partial charge < -0.3 is 40.5 Å². The van der Waals surface area contributed by atoms with Crippen molar-refractivity contribution in [1.29, 1.82) is 5.26 Å². The summed E-state index contributed by atoms with van der Waals surface area (Å²) in [5, 5.41) is 30.8. The number of hydrogen-bond donors (Lipinski definition) is 7. The summed E-state index contributed by atoms with van der Waals surface area (Å²) < 4.78 is 93.4. The van der Waals surface area contributed by atoms with Crippen LogP contribution < -0.4 is 25.2 Å². The number of benzene rings is 3.